The van der Waals surface area contributed by atoms with Crippen molar-refractivity contribution in [1.29, 1.82) is 0 Å². The van der Waals surface area contributed by atoms with Gasteiger partial charge < -0.3 is 10.2 Å². The van der Waals surface area contributed by atoms with E-state index in [9.17, 15) is 13.6 Å². The average Bonchev–Trinajstić information content (AvgIpc) is 2.80. The van der Waals surface area contributed by atoms with E-state index in [4.69, 9.17) is 0 Å². The van der Waals surface area contributed by atoms with Gasteiger partial charge in [0, 0.05) is 33.1 Å². The quantitative estimate of drug-likeness (QED) is 0.805. The monoisotopic (exact) mass is 261 g/mol. The summed E-state index contributed by atoms with van der Waals surface area (Å²) in [6.45, 7) is 3.84. The van der Waals surface area contributed by atoms with Crippen LogP contribution in [0.1, 0.15) is 19.8 Å². The van der Waals surface area contributed by atoms with E-state index in [2.05, 4.69) is 5.32 Å². The molecule has 0 aliphatic carbocycles. The number of carbonyl (C=O) groups is 1. The van der Waals surface area contributed by atoms with Gasteiger partial charge in [0.25, 0.3) is 5.92 Å². The molecule has 2 aliphatic rings. The molecule has 2 aliphatic heterocycles. The van der Waals surface area contributed by atoms with Gasteiger partial charge in [0.15, 0.2) is 0 Å². The lowest BCUT2D eigenvalue weighted by atomic mass is 10.2. The maximum atomic E-state index is 12.9. The summed E-state index contributed by atoms with van der Waals surface area (Å²) in [5, 5.41) is 3.18. The van der Waals surface area contributed by atoms with Crippen LogP contribution in [0.4, 0.5) is 8.78 Å². The Labute approximate surface area is 106 Å². The standard InChI is InChI=1S/C12H21F2N3O/c1-12(13,14)9-16-5-7-17(8-6-16)11(18)10-3-2-4-15-10/h10,15H,2-9H2,1H3. The fraction of sp³-hybridized carbons (Fsp3) is 0.917. The number of rotatable bonds is 3. The summed E-state index contributed by atoms with van der Waals surface area (Å²) < 4.78 is 25.8. The number of hydrogen-bond acceptors (Lipinski definition) is 3. The Kier molecular flexibility index (Phi) is 4.17. The Balaban J connectivity index is 1.77. The van der Waals surface area contributed by atoms with Gasteiger partial charge in [-0.1, -0.05) is 0 Å². The van der Waals surface area contributed by atoms with Gasteiger partial charge in [-0.15, -0.1) is 0 Å². The second kappa shape index (κ2) is 5.48. The number of nitrogens with zero attached hydrogens (tertiary/aromatic N) is 2. The molecule has 0 bridgehead atoms. The molecule has 18 heavy (non-hydrogen) atoms. The lowest BCUT2D eigenvalue weighted by Gasteiger charge is -2.36. The largest absolute Gasteiger partial charge is 0.339 e. The molecule has 104 valence electrons. The second-order valence-electron chi connectivity index (χ2n) is 5.32. The van der Waals surface area contributed by atoms with Gasteiger partial charge >= 0.3 is 0 Å². The summed E-state index contributed by atoms with van der Waals surface area (Å²) in [6, 6.07) is -0.0517. The zero-order chi connectivity index (χ0) is 13.2. The molecule has 2 saturated heterocycles. The van der Waals surface area contributed by atoms with E-state index in [1.165, 1.54) is 0 Å². The van der Waals surface area contributed by atoms with Crippen LogP contribution in [0.5, 0.6) is 0 Å². The van der Waals surface area contributed by atoms with E-state index >= 15 is 0 Å². The van der Waals surface area contributed by atoms with Crippen molar-refractivity contribution in [1.82, 2.24) is 15.1 Å². The predicted molar refractivity (Wildman–Crippen MR) is 64.7 cm³/mol. The molecule has 2 heterocycles. The molecule has 4 nitrogen and oxygen atoms in total. The lowest BCUT2D eigenvalue weighted by molar-refractivity contribution is -0.135. The third kappa shape index (κ3) is 3.62. The van der Waals surface area contributed by atoms with Gasteiger partial charge in [-0.3, -0.25) is 9.69 Å². The first kappa shape index (κ1) is 13.7. The van der Waals surface area contributed by atoms with Crippen LogP contribution in [0, 0.1) is 0 Å². The van der Waals surface area contributed by atoms with Gasteiger partial charge in [0.2, 0.25) is 5.91 Å². The summed E-state index contributed by atoms with van der Waals surface area (Å²) in [6.07, 6.45) is 1.94. The minimum absolute atomic E-state index is 0.0517. The predicted octanol–water partition coefficient (Wildman–Crippen LogP) is 0.538. The first-order valence-electron chi connectivity index (χ1n) is 6.58. The van der Waals surface area contributed by atoms with Crippen LogP contribution in [0.15, 0.2) is 0 Å². The highest BCUT2D eigenvalue weighted by atomic mass is 19.3. The summed E-state index contributed by atoms with van der Waals surface area (Å²) >= 11 is 0. The SMILES string of the molecule is CC(F)(F)CN1CCN(C(=O)C2CCCN2)CC1. The topological polar surface area (TPSA) is 35.6 Å². The van der Waals surface area contributed by atoms with Gasteiger partial charge in [-0.2, -0.15) is 0 Å². The molecule has 1 N–H and O–H groups in total. The minimum Gasteiger partial charge on any atom is -0.339 e. The van der Waals surface area contributed by atoms with Gasteiger partial charge in [0.1, 0.15) is 0 Å². The molecule has 6 heteroatoms. The van der Waals surface area contributed by atoms with Gasteiger partial charge in [-0.05, 0) is 19.4 Å². The van der Waals surface area contributed by atoms with Gasteiger partial charge in [-0.25, -0.2) is 8.78 Å². The van der Waals surface area contributed by atoms with Crippen molar-refractivity contribution in [2.75, 3.05) is 39.3 Å². The molecule has 1 atom stereocenters. The van der Waals surface area contributed by atoms with E-state index in [1.807, 2.05) is 0 Å². The van der Waals surface area contributed by atoms with Crippen LogP contribution in [-0.2, 0) is 4.79 Å². The van der Waals surface area contributed by atoms with Crippen molar-refractivity contribution in [3.8, 4) is 0 Å². The van der Waals surface area contributed by atoms with Crippen molar-refractivity contribution in [2.24, 2.45) is 0 Å². The summed E-state index contributed by atoms with van der Waals surface area (Å²) in [5.74, 6) is -2.52. The van der Waals surface area contributed by atoms with Crippen molar-refractivity contribution in [3.63, 3.8) is 0 Å². The van der Waals surface area contributed by atoms with Crippen molar-refractivity contribution < 1.29 is 13.6 Å². The number of nitrogens with one attached hydrogen (secondary N) is 1. The highest BCUT2D eigenvalue weighted by Crippen LogP contribution is 2.16. The molecular formula is C12H21F2N3O. The van der Waals surface area contributed by atoms with Crippen molar-refractivity contribution >= 4 is 5.91 Å². The number of halogens is 2. The number of carbonyl (C=O) groups excluding carboxylic acids is 1. The molecule has 0 aromatic heterocycles. The van der Waals surface area contributed by atoms with E-state index < -0.39 is 5.92 Å². The molecule has 1 unspecified atom stereocenters. The highest BCUT2D eigenvalue weighted by molar-refractivity contribution is 5.82. The van der Waals surface area contributed by atoms with Crippen LogP contribution >= 0.6 is 0 Å². The third-order valence-electron chi connectivity index (χ3n) is 3.54. The van der Waals surface area contributed by atoms with Gasteiger partial charge in [0.05, 0.1) is 12.6 Å². The number of alkyl halides is 2. The molecule has 0 aromatic rings. The zero-order valence-corrected chi connectivity index (χ0v) is 10.8. The first-order chi connectivity index (χ1) is 8.46. The smallest absolute Gasteiger partial charge is 0.257 e. The molecule has 1 amide bonds. The minimum atomic E-state index is -2.65. The molecule has 2 fully saturated rings. The summed E-state index contributed by atoms with van der Waals surface area (Å²) in [5.41, 5.74) is 0. The second-order valence-corrected chi connectivity index (χ2v) is 5.32. The Hall–Kier alpha value is -0.750. The molecule has 2 rings (SSSR count). The normalized spacial score (nSPS) is 26.6. The molecule has 0 aromatic carbocycles. The highest BCUT2D eigenvalue weighted by Gasteiger charge is 2.31. The maximum Gasteiger partial charge on any atom is 0.257 e. The lowest BCUT2D eigenvalue weighted by Crippen LogP contribution is -2.54. The Morgan fingerprint density at radius 3 is 2.50 bits per heavy atom. The molecule has 0 saturated carbocycles. The van der Waals surface area contributed by atoms with Crippen molar-refractivity contribution in [2.45, 2.75) is 31.7 Å². The Bertz CT molecular complexity index is 292. The van der Waals surface area contributed by atoms with E-state index in [1.54, 1.807) is 9.80 Å². The maximum absolute atomic E-state index is 12.9. The van der Waals surface area contributed by atoms with Crippen molar-refractivity contribution in [3.05, 3.63) is 0 Å². The fourth-order valence-electron chi connectivity index (χ4n) is 2.63. The zero-order valence-electron chi connectivity index (χ0n) is 10.8. The van der Waals surface area contributed by atoms with Crippen LogP contribution < -0.4 is 5.32 Å². The summed E-state index contributed by atoms with van der Waals surface area (Å²) in [4.78, 5) is 15.6. The molecule has 0 spiro atoms. The Morgan fingerprint density at radius 1 is 1.33 bits per heavy atom. The van der Waals surface area contributed by atoms with E-state index in [-0.39, 0.29) is 18.5 Å². The van der Waals surface area contributed by atoms with E-state index in [0.717, 1.165) is 26.3 Å². The van der Waals surface area contributed by atoms with Crippen LogP contribution in [0.2, 0.25) is 0 Å². The van der Waals surface area contributed by atoms with Crippen LogP contribution in [0.3, 0.4) is 0 Å². The molecular weight excluding hydrogens is 240 g/mol. The average molecular weight is 261 g/mol. The summed E-state index contributed by atoms with van der Waals surface area (Å²) in [7, 11) is 0. The van der Waals surface area contributed by atoms with Crippen LogP contribution in [0.25, 0.3) is 0 Å². The third-order valence-corrected chi connectivity index (χ3v) is 3.54. The number of amides is 1. The Morgan fingerprint density at radius 2 is 2.00 bits per heavy atom. The number of piperazine rings is 1. The van der Waals surface area contributed by atoms with Crippen LogP contribution in [-0.4, -0.2) is 66.9 Å². The number of hydrogen-bond donors (Lipinski definition) is 1. The fourth-order valence-corrected chi connectivity index (χ4v) is 2.63. The van der Waals surface area contributed by atoms with E-state index in [0.29, 0.717) is 26.2 Å². The molecule has 0 radical (unpaired) electrons. The first-order valence-corrected chi connectivity index (χ1v) is 6.58.